The Labute approximate surface area is 78.2 Å². The Morgan fingerprint density at radius 2 is 2.08 bits per heavy atom. The summed E-state index contributed by atoms with van der Waals surface area (Å²) in [5, 5.41) is 0. The molecule has 1 nitrogen and oxygen atoms in total. The molecule has 0 saturated carbocycles. The molecular weight excluding hydrogens is 168 g/mol. The lowest BCUT2D eigenvalue weighted by Crippen LogP contribution is -1.95. The van der Waals surface area contributed by atoms with Crippen LogP contribution in [0.25, 0.3) is 0 Å². The molecule has 2 heteroatoms. The maximum atomic E-state index is 10.6. The van der Waals surface area contributed by atoms with Gasteiger partial charge in [-0.1, -0.05) is 31.4 Å². The highest BCUT2D eigenvalue weighted by Gasteiger charge is 1.94. The van der Waals surface area contributed by atoms with E-state index in [1.807, 2.05) is 6.08 Å². The largest absolute Gasteiger partial charge is 0.299 e. The lowest BCUT2D eigenvalue weighted by Gasteiger charge is -1.98. The number of Topliss-reactive ketones (excluding diaryl/α,β-unsaturated/α-hetero) is 1. The van der Waals surface area contributed by atoms with Crippen LogP contribution in [0.5, 0.6) is 0 Å². The zero-order valence-electron chi connectivity index (χ0n) is 7.38. The van der Waals surface area contributed by atoms with Gasteiger partial charge in [-0.3, -0.25) is 4.79 Å². The summed E-state index contributed by atoms with van der Waals surface area (Å²) in [6.07, 6.45) is 5.42. The summed E-state index contributed by atoms with van der Waals surface area (Å²) in [5.41, 5.74) is 1.11. The summed E-state index contributed by atoms with van der Waals surface area (Å²) in [6.45, 7) is 8.85. The Bertz CT molecular complexity index is 204. The molecule has 0 amide bonds. The fourth-order valence-corrected chi connectivity index (χ4v) is 1.48. The van der Waals surface area contributed by atoms with Gasteiger partial charge in [0.1, 0.15) is 5.78 Å². The summed E-state index contributed by atoms with van der Waals surface area (Å²) < 4.78 is 0. The molecule has 12 heavy (non-hydrogen) atoms. The lowest BCUT2D eigenvalue weighted by molar-refractivity contribution is -0.114. The number of carbonyl (C=O) groups excluding carboxylic acids is 1. The third-order valence-electron chi connectivity index (χ3n) is 1.17. The molecule has 0 bridgehead atoms. The van der Waals surface area contributed by atoms with Gasteiger partial charge in [-0.15, -0.1) is 11.8 Å². The predicted octanol–water partition coefficient (Wildman–Crippen LogP) is 2.61. The van der Waals surface area contributed by atoms with Crippen LogP contribution in [0.15, 0.2) is 37.0 Å². The number of hydrogen-bond donors (Lipinski definition) is 0. The molecular formula is C10H14OS. The Morgan fingerprint density at radius 1 is 1.42 bits per heavy atom. The molecule has 0 fully saturated rings. The molecule has 0 N–H and O–H groups in total. The zero-order valence-corrected chi connectivity index (χ0v) is 8.19. The normalized spacial score (nSPS) is 10.9. The molecule has 0 spiro atoms. The minimum atomic E-state index is 0.210. The van der Waals surface area contributed by atoms with Crippen molar-refractivity contribution in [2.75, 3.05) is 11.5 Å². The van der Waals surface area contributed by atoms with Crippen molar-refractivity contribution in [2.45, 2.75) is 6.92 Å². The summed E-state index contributed by atoms with van der Waals surface area (Å²) in [6, 6.07) is 0. The van der Waals surface area contributed by atoms with E-state index in [4.69, 9.17) is 0 Å². The van der Waals surface area contributed by atoms with Crippen LogP contribution < -0.4 is 0 Å². The van der Waals surface area contributed by atoms with Crippen molar-refractivity contribution in [1.82, 2.24) is 0 Å². The highest BCUT2D eigenvalue weighted by Crippen LogP contribution is 2.08. The molecule has 0 rings (SSSR count). The minimum Gasteiger partial charge on any atom is -0.299 e. The number of allylic oxidation sites excluding steroid dienone is 3. The van der Waals surface area contributed by atoms with Gasteiger partial charge in [-0.05, 0) is 12.5 Å². The van der Waals surface area contributed by atoms with Crippen LogP contribution in [0.3, 0.4) is 0 Å². The summed E-state index contributed by atoms with van der Waals surface area (Å²) in [5.74, 6) is 1.61. The topological polar surface area (TPSA) is 17.1 Å². The van der Waals surface area contributed by atoms with E-state index in [2.05, 4.69) is 13.2 Å². The Balaban J connectivity index is 3.73. The summed E-state index contributed by atoms with van der Waals surface area (Å²) >= 11 is 1.60. The maximum absolute atomic E-state index is 10.6. The minimum absolute atomic E-state index is 0.210. The average molecular weight is 182 g/mol. The molecule has 0 radical (unpaired) electrons. The van der Waals surface area contributed by atoms with Gasteiger partial charge in [-0.25, -0.2) is 0 Å². The van der Waals surface area contributed by atoms with Crippen LogP contribution in [0, 0.1) is 0 Å². The summed E-state index contributed by atoms with van der Waals surface area (Å²) in [7, 11) is 0. The number of thioether (sulfide) groups is 1. The Kier molecular flexibility index (Phi) is 6.48. The second-order valence-electron chi connectivity index (χ2n) is 2.38. The molecule has 0 aromatic carbocycles. The van der Waals surface area contributed by atoms with Gasteiger partial charge in [0.05, 0.1) is 5.75 Å². The van der Waals surface area contributed by atoms with E-state index < -0.39 is 0 Å². The van der Waals surface area contributed by atoms with Crippen molar-refractivity contribution < 1.29 is 4.79 Å². The van der Waals surface area contributed by atoms with E-state index in [1.54, 1.807) is 30.8 Å². The molecule has 0 unspecified atom stereocenters. The number of ketones is 1. The van der Waals surface area contributed by atoms with Crippen molar-refractivity contribution in [1.29, 1.82) is 0 Å². The van der Waals surface area contributed by atoms with Crippen molar-refractivity contribution in [2.24, 2.45) is 0 Å². The van der Waals surface area contributed by atoms with Gasteiger partial charge < -0.3 is 0 Å². The van der Waals surface area contributed by atoms with E-state index >= 15 is 0 Å². The molecule has 0 aliphatic carbocycles. The van der Waals surface area contributed by atoms with Gasteiger partial charge in [0.25, 0.3) is 0 Å². The fourth-order valence-electron chi connectivity index (χ4n) is 0.639. The first-order valence-electron chi connectivity index (χ1n) is 3.72. The third kappa shape index (κ3) is 5.98. The molecule has 0 saturated heterocycles. The highest BCUT2D eigenvalue weighted by molar-refractivity contribution is 8.00. The fraction of sp³-hybridized carbons (Fsp3) is 0.300. The first-order chi connectivity index (χ1) is 5.70. The quantitative estimate of drug-likeness (QED) is 0.587. The van der Waals surface area contributed by atoms with Crippen molar-refractivity contribution in [3.05, 3.63) is 37.0 Å². The standard InChI is InChI=1S/C10H14OS/c1-4-6-10(5-2)8-12-7-9(3)11/h4-6H,1-2,7-8H2,3H3/b10-6+. The average Bonchev–Trinajstić information content (AvgIpc) is 2.02. The van der Waals surface area contributed by atoms with Crippen LogP contribution in [0.2, 0.25) is 0 Å². The lowest BCUT2D eigenvalue weighted by atomic mass is 10.3. The SMILES string of the molecule is C=C/C=C(\C=C)CSCC(C)=O. The third-order valence-corrected chi connectivity index (χ3v) is 2.32. The number of carbonyl (C=O) groups is 1. The number of hydrogen-bond acceptors (Lipinski definition) is 2. The first kappa shape index (κ1) is 11.2. The van der Waals surface area contributed by atoms with Crippen molar-refractivity contribution in [3.8, 4) is 0 Å². The van der Waals surface area contributed by atoms with E-state index in [1.165, 1.54) is 0 Å². The second kappa shape index (κ2) is 6.92. The first-order valence-corrected chi connectivity index (χ1v) is 4.87. The van der Waals surface area contributed by atoms with E-state index in [9.17, 15) is 4.79 Å². The van der Waals surface area contributed by atoms with Gasteiger partial charge in [-0.2, -0.15) is 0 Å². The Hall–Kier alpha value is -0.760. The smallest absolute Gasteiger partial charge is 0.139 e. The van der Waals surface area contributed by atoms with Crippen LogP contribution in [-0.4, -0.2) is 17.3 Å². The molecule has 0 aromatic heterocycles. The molecule has 0 aliphatic heterocycles. The van der Waals surface area contributed by atoms with Crippen molar-refractivity contribution in [3.63, 3.8) is 0 Å². The monoisotopic (exact) mass is 182 g/mol. The van der Waals surface area contributed by atoms with Crippen LogP contribution in [0.4, 0.5) is 0 Å². The van der Waals surface area contributed by atoms with E-state index in [0.717, 1.165) is 11.3 Å². The van der Waals surface area contributed by atoms with Gasteiger partial charge in [0, 0.05) is 5.75 Å². The van der Waals surface area contributed by atoms with E-state index in [0.29, 0.717) is 5.75 Å². The van der Waals surface area contributed by atoms with Gasteiger partial charge in [0.2, 0.25) is 0 Å². The zero-order chi connectivity index (χ0) is 9.40. The van der Waals surface area contributed by atoms with Gasteiger partial charge >= 0.3 is 0 Å². The van der Waals surface area contributed by atoms with Crippen LogP contribution in [0.1, 0.15) is 6.92 Å². The van der Waals surface area contributed by atoms with Crippen LogP contribution >= 0.6 is 11.8 Å². The number of rotatable bonds is 6. The van der Waals surface area contributed by atoms with Crippen molar-refractivity contribution >= 4 is 17.5 Å². The Morgan fingerprint density at radius 3 is 2.50 bits per heavy atom. The second-order valence-corrected chi connectivity index (χ2v) is 3.36. The molecule has 0 heterocycles. The maximum Gasteiger partial charge on any atom is 0.139 e. The van der Waals surface area contributed by atoms with Gasteiger partial charge in [0.15, 0.2) is 0 Å². The van der Waals surface area contributed by atoms with Crippen LogP contribution in [-0.2, 0) is 4.79 Å². The molecule has 0 aliphatic rings. The summed E-state index contributed by atoms with van der Waals surface area (Å²) in [4.78, 5) is 10.6. The van der Waals surface area contributed by atoms with E-state index in [-0.39, 0.29) is 5.78 Å². The highest BCUT2D eigenvalue weighted by atomic mass is 32.2. The predicted molar refractivity (Wildman–Crippen MR) is 56.5 cm³/mol. The molecule has 0 aromatic rings. The molecule has 0 atom stereocenters. The molecule has 66 valence electrons.